The molecule has 1 N–H and O–H groups in total. The van der Waals surface area contributed by atoms with Crippen LogP contribution in [0.1, 0.15) is 45.6 Å². The Hall–Kier alpha value is -1.02. The van der Waals surface area contributed by atoms with Gasteiger partial charge in [-0.3, -0.25) is 0 Å². The van der Waals surface area contributed by atoms with E-state index in [9.17, 15) is 5.11 Å². The van der Waals surface area contributed by atoms with Crippen LogP contribution in [0, 0.1) is 0 Å². The Bertz CT molecular complexity index is 345. The van der Waals surface area contributed by atoms with Crippen LogP contribution >= 0.6 is 0 Å². The third-order valence-electron chi connectivity index (χ3n) is 3.22. The number of hydrogen-bond donors (Lipinski definition) is 1. The van der Waals surface area contributed by atoms with Gasteiger partial charge in [-0.15, -0.1) is 0 Å². The third-order valence-corrected chi connectivity index (χ3v) is 3.22. The highest BCUT2D eigenvalue weighted by atomic mass is 16.5. The average molecular weight is 236 g/mol. The van der Waals surface area contributed by atoms with Gasteiger partial charge in [0.15, 0.2) is 0 Å². The van der Waals surface area contributed by atoms with Crippen LogP contribution in [0.15, 0.2) is 24.3 Å². The van der Waals surface area contributed by atoms with Gasteiger partial charge in [0.1, 0.15) is 5.75 Å². The molecule has 0 saturated carbocycles. The molecule has 2 nitrogen and oxygen atoms in total. The molecule has 17 heavy (non-hydrogen) atoms. The minimum absolute atomic E-state index is 0.0247. The highest BCUT2D eigenvalue weighted by Crippen LogP contribution is 2.31. The zero-order chi connectivity index (χ0) is 12.9. The van der Waals surface area contributed by atoms with Crippen LogP contribution in [0.3, 0.4) is 0 Å². The molecule has 0 heterocycles. The van der Waals surface area contributed by atoms with Crippen molar-refractivity contribution in [1.82, 2.24) is 0 Å². The molecule has 0 radical (unpaired) electrons. The lowest BCUT2D eigenvalue weighted by Gasteiger charge is -2.28. The van der Waals surface area contributed by atoms with Crippen molar-refractivity contribution in [3.8, 4) is 5.75 Å². The maximum absolute atomic E-state index is 9.94. The number of benzene rings is 1. The molecule has 0 aliphatic carbocycles. The van der Waals surface area contributed by atoms with E-state index in [2.05, 4.69) is 32.9 Å². The molecule has 96 valence electrons. The van der Waals surface area contributed by atoms with E-state index in [-0.39, 0.29) is 11.5 Å². The predicted molar refractivity (Wildman–Crippen MR) is 71.6 cm³/mol. The van der Waals surface area contributed by atoms with Crippen LogP contribution in [-0.4, -0.2) is 18.3 Å². The Kier molecular flexibility index (Phi) is 5.01. The fourth-order valence-corrected chi connectivity index (χ4v) is 2.19. The number of aliphatic hydroxyl groups is 1. The molecule has 0 spiro atoms. The molecule has 1 aromatic rings. The molecule has 0 aliphatic heterocycles. The van der Waals surface area contributed by atoms with Crippen molar-refractivity contribution in [3.63, 3.8) is 0 Å². The Labute approximate surface area is 105 Å². The molecule has 0 aromatic heterocycles. The average Bonchev–Trinajstić information content (AvgIpc) is 2.28. The van der Waals surface area contributed by atoms with Crippen LogP contribution in [-0.2, 0) is 5.41 Å². The Morgan fingerprint density at radius 3 is 2.65 bits per heavy atom. The van der Waals surface area contributed by atoms with E-state index in [1.807, 2.05) is 12.1 Å². The first kappa shape index (κ1) is 14.0. The fraction of sp³-hybridized carbons (Fsp3) is 0.600. The van der Waals surface area contributed by atoms with E-state index < -0.39 is 0 Å². The largest absolute Gasteiger partial charge is 0.497 e. The van der Waals surface area contributed by atoms with Crippen LogP contribution in [0.2, 0.25) is 0 Å². The summed E-state index contributed by atoms with van der Waals surface area (Å²) < 4.78 is 5.24. The molecule has 0 fully saturated rings. The van der Waals surface area contributed by atoms with Crippen molar-refractivity contribution < 1.29 is 9.84 Å². The summed E-state index contributed by atoms with van der Waals surface area (Å²) in [7, 11) is 1.68. The molecule has 1 atom stereocenters. The molecule has 0 saturated heterocycles. The fourth-order valence-electron chi connectivity index (χ4n) is 2.19. The number of ether oxygens (including phenoxy) is 1. The van der Waals surface area contributed by atoms with Gasteiger partial charge in [0.2, 0.25) is 0 Å². The zero-order valence-electron chi connectivity index (χ0n) is 11.4. The first-order valence-electron chi connectivity index (χ1n) is 6.32. The summed E-state index contributed by atoms with van der Waals surface area (Å²) in [5.41, 5.74) is 1.19. The number of aliphatic hydroxyl groups excluding tert-OH is 1. The maximum Gasteiger partial charge on any atom is 0.119 e. The first-order chi connectivity index (χ1) is 7.99. The summed E-state index contributed by atoms with van der Waals surface area (Å²) >= 11 is 0. The van der Waals surface area contributed by atoms with E-state index in [0.29, 0.717) is 0 Å². The Balaban J connectivity index is 2.80. The summed E-state index contributed by atoms with van der Waals surface area (Å²) in [4.78, 5) is 0. The van der Waals surface area contributed by atoms with Crippen molar-refractivity contribution in [3.05, 3.63) is 29.8 Å². The van der Waals surface area contributed by atoms with Gasteiger partial charge in [0, 0.05) is 0 Å². The molecule has 0 bridgehead atoms. The minimum atomic E-state index is -0.221. The van der Waals surface area contributed by atoms with Crippen molar-refractivity contribution in [2.24, 2.45) is 0 Å². The van der Waals surface area contributed by atoms with E-state index >= 15 is 0 Å². The summed E-state index contributed by atoms with van der Waals surface area (Å²) in [5.74, 6) is 0.876. The zero-order valence-corrected chi connectivity index (χ0v) is 11.4. The number of rotatable bonds is 6. The Morgan fingerprint density at radius 1 is 1.35 bits per heavy atom. The van der Waals surface area contributed by atoms with E-state index in [0.717, 1.165) is 25.0 Å². The monoisotopic (exact) mass is 236 g/mol. The van der Waals surface area contributed by atoms with Gasteiger partial charge in [0.05, 0.1) is 13.2 Å². The predicted octanol–water partition coefficient (Wildman–Crippen LogP) is 3.52. The summed E-state index contributed by atoms with van der Waals surface area (Å²) in [6.07, 6.45) is 2.46. The lowest BCUT2D eigenvalue weighted by molar-refractivity contribution is 0.129. The van der Waals surface area contributed by atoms with Crippen molar-refractivity contribution in [2.45, 2.75) is 51.6 Å². The summed E-state index contributed by atoms with van der Waals surface area (Å²) in [6.45, 7) is 6.43. The Morgan fingerprint density at radius 2 is 2.06 bits per heavy atom. The molecule has 0 amide bonds. The first-order valence-corrected chi connectivity index (χ1v) is 6.32. The molecule has 1 rings (SSSR count). The second kappa shape index (κ2) is 6.06. The normalized spacial score (nSPS) is 13.5. The van der Waals surface area contributed by atoms with Crippen LogP contribution < -0.4 is 4.74 Å². The molecular formula is C15H24O2. The quantitative estimate of drug-likeness (QED) is 0.819. The van der Waals surface area contributed by atoms with E-state index in [4.69, 9.17) is 4.74 Å². The number of hydrogen-bond acceptors (Lipinski definition) is 2. The number of methoxy groups -OCH3 is 1. The van der Waals surface area contributed by atoms with Gasteiger partial charge in [-0.25, -0.2) is 0 Å². The smallest absolute Gasteiger partial charge is 0.119 e. The SMILES string of the molecule is CCCC(O)CC(C)(C)c1cccc(OC)c1. The molecule has 0 aliphatic rings. The highest BCUT2D eigenvalue weighted by molar-refractivity contribution is 5.33. The molecule has 2 heteroatoms. The lowest BCUT2D eigenvalue weighted by Crippen LogP contribution is -2.24. The molecule has 1 unspecified atom stereocenters. The van der Waals surface area contributed by atoms with Gasteiger partial charge >= 0.3 is 0 Å². The second-order valence-corrected chi connectivity index (χ2v) is 5.26. The van der Waals surface area contributed by atoms with Gasteiger partial charge < -0.3 is 9.84 Å². The standard InChI is InChI=1S/C15H24O2/c1-5-7-13(16)11-15(2,3)12-8-6-9-14(10-12)17-4/h6,8-10,13,16H,5,7,11H2,1-4H3. The van der Waals surface area contributed by atoms with Crippen LogP contribution in [0.25, 0.3) is 0 Å². The van der Waals surface area contributed by atoms with Gasteiger partial charge in [-0.2, -0.15) is 0 Å². The van der Waals surface area contributed by atoms with Gasteiger partial charge in [-0.1, -0.05) is 39.3 Å². The van der Waals surface area contributed by atoms with Crippen molar-refractivity contribution >= 4 is 0 Å². The lowest BCUT2D eigenvalue weighted by atomic mass is 9.79. The highest BCUT2D eigenvalue weighted by Gasteiger charge is 2.24. The second-order valence-electron chi connectivity index (χ2n) is 5.26. The van der Waals surface area contributed by atoms with Gasteiger partial charge in [-0.05, 0) is 36.0 Å². The van der Waals surface area contributed by atoms with Crippen LogP contribution in [0.5, 0.6) is 5.75 Å². The van der Waals surface area contributed by atoms with E-state index in [1.165, 1.54) is 5.56 Å². The van der Waals surface area contributed by atoms with Crippen molar-refractivity contribution in [1.29, 1.82) is 0 Å². The van der Waals surface area contributed by atoms with Crippen LogP contribution in [0.4, 0.5) is 0 Å². The molecular weight excluding hydrogens is 212 g/mol. The maximum atomic E-state index is 9.94. The summed E-state index contributed by atoms with van der Waals surface area (Å²) in [6, 6.07) is 8.10. The minimum Gasteiger partial charge on any atom is -0.497 e. The topological polar surface area (TPSA) is 29.5 Å². The summed E-state index contributed by atoms with van der Waals surface area (Å²) in [5, 5.41) is 9.94. The third kappa shape index (κ3) is 4.04. The van der Waals surface area contributed by atoms with Gasteiger partial charge in [0.25, 0.3) is 0 Å². The van der Waals surface area contributed by atoms with Crippen molar-refractivity contribution in [2.75, 3.05) is 7.11 Å². The van der Waals surface area contributed by atoms with E-state index in [1.54, 1.807) is 7.11 Å². The molecule has 1 aromatic carbocycles.